The van der Waals surface area contributed by atoms with Gasteiger partial charge in [-0.1, -0.05) is 42.8 Å². The molecular weight excluding hydrogens is 436 g/mol. The summed E-state index contributed by atoms with van der Waals surface area (Å²) in [6.07, 6.45) is 4.84. The number of thiophene rings is 1. The molecule has 0 fully saturated rings. The van der Waals surface area contributed by atoms with Crippen LogP contribution in [0, 0.1) is 11.3 Å². The Balaban J connectivity index is 1.81. The van der Waals surface area contributed by atoms with Gasteiger partial charge in [0.15, 0.2) is 0 Å². The third-order valence-corrected chi connectivity index (χ3v) is 7.65. The summed E-state index contributed by atoms with van der Waals surface area (Å²) in [5, 5.41) is 9.21. The molecule has 3 aromatic heterocycles. The fraction of sp³-hybridized carbons (Fsp3) is 0.381. The van der Waals surface area contributed by atoms with Crippen molar-refractivity contribution < 1.29 is 0 Å². The Morgan fingerprint density at radius 3 is 2.86 bits per heavy atom. The van der Waals surface area contributed by atoms with Crippen molar-refractivity contribution in [1.82, 2.24) is 19.2 Å². The van der Waals surface area contributed by atoms with E-state index in [0.717, 1.165) is 39.6 Å². The molecule has 5 nitrogen and oxygen atoms in total. The largest absolute Gasteiger partial charge is 0.268 e. The molecule has 1 aliphatic rings. The quantitative estimate of drug-likeness (QED) is 0.404. The maximum Gasteiger partial charge on any atom is 0.268 e. The van der Waals surface area contributed by atoms with Crippen molar-refractivity contribution in [3.8, 4) is 5.69 Å². The van der Waals surface area contributed by atoms with E-state index in [1.807, 2.05) is 28.7 Å². The van der Waals surface area contributed by atoms with Gasteiger partial charge >= 0.3 is 0 Å². The molecule has 1 unspecified atom stereocenters. The summed E-state index contributed by atoms with van der Waals surface area (Å²) in [5.74, 6) is 1.19. The summed E-state index contributed by atoms with van der Waals surface area (Å²) in [4.78, 5) is 16.0. The number of fused-ring (bicyclic) bond motifs is 5. The lowest BCUT2D eigenvalue weighted by atomic mass is 9.72. The molecule has 1 atom stereocenters. The van der Waals surface area contributed by atoms with E-state index in [1.54, 1.807) is 22.2 Å². The van der Waals surface area contributed by atoms with Crippen LogP contribution in [0.4, 0.5) is 0 Å². The predicted octanol–water partition coefficient (Wildman–Crippen LogP) is 5.01. The van der Waals surface area contributed by atoms with Crippen molar-refractivity contribution >= 4 is 43.3 Å². The van der Waals surface area contributed by atoms with Crippen LogP contribution in [0.5, 0.6) is 0 Å². The van der Waals surface area contributed by atoms with E-state index >= 15 is 0 Å². The summed E-state index contributed by atoms with van der Waals surface area (Å²) in [6, 6.07) is 7.75. The first-order chi connectivity index (χ1) is 13.3. The normalized spacial score (nSPS) is 17.4. The smallest absolute Gasteiger partial charge is 0.268 e. The van der Waals surface area contributed by atoms with Gasteiger partial charge in [-0.15, -0.1) is 21.5 Å². The van der Waals surface area contributed by atoms with Crippen LogP contribution in [0.1, 0.15) is 37.6 Å². The van der Waals surface area contributed by atoms with Crippen LogP contribution in [0.3, 0.4) is 0 Å². The van der Waals surface area contributed by atoms with Crippen LogP contribution in [0.25, 0.3) is 21.7 Å². The molecule has 1 aromatic carbocycles. The first-order valence-electron chi connectivity index (χ1n) is 9.49. The first kappa shape index (κ1) is 18.1. The van der Waals surface area contributed by atoms with Gasteiger partial charge in [-0.3, -0.25) is 9.20 Å². The van der Waals surface area contributed by atoms with Crippen LogP contribution in [0.2, 0.25) is 0 Å². The van der Waals surface area contributed by atoms with Crippen LogP contribution >= 0.6 is 27.3 Å². The molecule has 0 radical (unpaired) electrons. The number of aryl methyl sites for hydroxylation is 1. The number of benzene rings is 1. The number of rotatable bonds is 1. The molecule has 0 saturated heterocycles. The van der Waals surface area contributed by atoms with E-state index < -0.39 is 0 Å². The van der Waals surface area contributed by atoms with Gasteiger partial charge in [0.25, 0.3) is 5.56 Å². The zero-order chi connectivity index (χ0) is 19.6. The monoisotopic (exact) mass is 456 g/mol. The summed E-state index contributed by atoms with van der Waals surface area (Å²) in [5.41, 5.74) is 2.30. The highest BCUT2D eigenvalue weighted by atomic mass is 79.9. The fourth-order valence-electron chi connectivity index (χ4n) is 4.28. The minimum absolute atomic E-state index is 0.000286. The minimum Gasteiger partial charge on any atom is -0.268 e. The molecule has 0 bridgehead atoms. The van der Waals surface area contributed by atoms with E-state index in [4.69, 9.17) is 0 Å². The molecule has 144 valence electrons. The van der Waals surface area contributed by atoms with Crippen molar-refractivity contribution in [2.24, 2.45) is 11.3 Å². The Hall–Kier alpha value is -1.99. The maximum atomic E-state index is 13.6. The van der Waals surface area contributed by atoms with Crippen LogP contribution in [-0.4, -0.2) is 19.2 Å². The summed E-state index contributed by atoms with van der Waals surface area (Å²) < 4.78 is 4.57. The lowest BCUT2D eigenvalue weighted by Gasteiger charge is -2.33. The molecule has 0 aliphatic heterocycles. The van der Waals surface area contributed by atoms with Crippen LogP contribution in [-0.2, 0) is 12.8 Å². The van der Waals surface area contributed by atoms with Gasteiger partial charge in [-0.05, 0) is 54.4 Å². The second-order valence-corrected chi connectivity index (χ2v) is 10.6. The second-order valence-electron chi connectivity index (χ2n) is 8.61. The summed E-state index contributed by atoms with van der Waals surface area (Å²) in [7, 11) is 0. The molecule has 3 heterocycles. The predicted molar refractivity (Wildman–Crippen MR) is 117 cm³/mol. The third-order valence-electron chi connectivity index (χ3n) is 5.90. The molecule has 1 aliphatic carbocycles. The zero-order valence-electron chi connectivity index (χ0n) is 16.1. The van der Waals surface area contributed by atoms with Gasteiger partial charge in [0.2, 0.25) is 5.78 Å². The molecule has 0 saturated carbocycles. The van der Waals surface area contributed by atoms with Crippen molar-refractivity contribution in [2.75, 3.05) is 0 Å². The second kappa shape index (κ2) is 6.26. The van der Waals surface area contributed by atoms with E-state index in [-0.39, 0.29) is 11.0 Å². The Bertz CT molecular complexity index is 1280. The number of hydrogen-bond donors (Lipinski definition) is 0. The van der Waals surface area contributed by atoms with E-state index in [2.05, 4.69) is 46.9 Å². The van der Waals surface area contributed by atoms with Crippen molar-refractivity contribution in [3.05, 3.63) is 55.9 Å². The molecule has 28 heavy (non-hydrogen) atoms. The molecule has 0 amide bonds. The average Bonchev–Trinajstić information content (AvgIpc) is 3.25. The Kier molecular flexibility index (Phi) is 4.04. The minimum atomic E-state index is 0.000286. The van der Waals surface area contributed by atoms with Crippen LogP contribution in [0.15, 0.2) is 39.9 Å². The lowest BCUT2D eigenvalue weighted by molar-refractivity contribution is 0.218. The van der Waals surface area contributed by atoms with Crippen molar-refractivity contribution in [3.63, 3.8) is 0 Å². The molecule has 0 N–H and O–H groups in total. The average molecular weight is 457 g/mol. The lowest BCUT2D eigenvalue weighted by Crippen LogP contribution is -2.27. The standard InChI is InChI=1S/C21H21BrN4OS/c1-21(2,3)12-7-8-15-16(9-12)28-19-17(15)18(27)26(20-24-23-11-25(19)20)14-6-4-5-13(22)10-14/h4-6,10-12H,7-9H2,1-3H3. The first-order valence-corrected chi connectivity index (χ1v) is 11.1. The third kappa shape index (κ3) is 2.67. The van der Waals surface area contributed by atoms with Gasteiger partial charge in [0.1, 0.15) is 11.2 Å². The van der Waals surface area contributed by atoms with Gasteiger partial charge in [-0.25, -0.2) is 4.57 Å². The van der Waals surface area contributed by atoms with E-state index in [1.165, 1.54) is 10.4 Å². The molecule has 7 heteroatoms. The highest BCUT2D eigenvalue weighted by molar-refractivity contribution is 9.10. The SMILES string of the molecule is CC(C)(C)C1CCc2c(sc3c2c(=O)n(-c2cccc(Br)c2)c2nncn32)C1. The number of nitrogens with zero attached hydrogens (tertiary/aromatic N) is 4. The van der Waals surface area contributed by atoms with Gasteiger partial charge < -0.3 is 0 Å². The fourth-order valence-corrected chi connectivity index (χ4v) is 6.05. The number of hydrogen-bond acceptors (Lipinski definition) is 4. The van der Waals surface area contributed by atoms with E-state index in [9.17, 15) is 4.79 Å². The highest BCUT2D eigenvalue weighted by Gasteiger charge is 2.32. The molecular formula is C21H21BrN4OS. The van der Waals surface area contributed by atoms with Gasteiger partial charge in [0.05, 0.1) is 11.1 Å². The van der Waals surface area contributed by atoms with E-state index in [0.29, 0.717) is 11.7 Å². The zero-order valence-corrected chi connectivity index (χ0v) is 18.5. The Morgan fingerprint density at radius 2 is 2.11 bits per heavy atom. The molecule has 5 rings (SSSR count). The highest BCUT2D eigenvalue weighted by Crippen LogP contribution is 2.42. The van der Waals surface area contributed by atoms with Crippen molar-refractivity contribution in [1.29, 1.82) is 0 Å². The summed E-state index contributed by atoms with van der Waals surface area (Å²) in [6.45, 7) is 6.94. The van der Waals surface area contributed by atoms with Gasteiger partial charge in [0, 0.05) is 9.35 Å². The number of aromatic nitrogens is 4. The topological polar surface area (TPSA) is 52.2 Å². The maximum absolute atomic E-state index is 13.6. The Labute approximate surface area is 175 Å². The van der Waals surface area contributed by atoms with Crippen molar-refractivity contribution in [2.45, 2.75) is 40.0 Å². The molecule has 0 spiro atoms. The number of halogens is 1. The Morgan fingerprint density at radius 1 is 1.29 bits per heavy atom. The van der Waals surface area contributed by atoms with Gasteiger partial charge in [-0.2, -0.15) is 0 Å². The van der Waals surface area contributed by atoms with Crippen LogP contribution < -0.4 is 5.56 Å². The summed E-state index contributed by atoms with van der Waals surface area (Å²) >= 11 is 5.25. The molecule has 4 aromatic rings.